The summed E-state index contributed by atoms with van der Waals surface area (Å²) in [6, 6.07) is 16.1. The van der Waals surface area contributed by atoms with Crippen molar-refractivity contribution in [3.63, 3.8) is 0 Å². The summed E-state index contributed by atoms with van der Waals surface area (Å²) in [7, 11) is 0. The van der Waals surface area contributed by atoms with Crippen LogP contribution in [-0.2, 0) is 28.8 Å². The third-order valence-electron chi connectivity index (χ3n) is 5.14. The molecular weight excluding hydrogens is 515 g/mol. The summed E-state index contributed by atoms with van der Waals surface area (Å²) in [5.41, 5.74) is 0.0174. The minimum absolute atomic E-state index is 0.0463. The second kappa shape index (κ2) is 12.7. The number of benzene rings is 2. The van der Waals surface area contributed by atoms with Crippen LogP contribution >= 0.6 is 0 Å². The summed E-state index contributed by atoms with van der Waals surface area (Å²) in [4.78, 5) is 24.3. The number of aromatic nitrogens is 2. The van der Waals surface area contributed by atoms with Crippen molar-refractivity contribution in [2.24, 2.45) is 0 Å². The van der Waals surface area contributed by atoms with Crippen LogP contribution in [0.15, 0.2) is 60.7 Å². The van der Waals surface area contributed by atoms with E-state index in [9.17, 15) is 22.8 Å². The molecule has 0 aliphatic carbocycles. The number of anilines is 1. The zero-order chi connectivity index (χ0) is 28.6. The van der Waals surface area contributed by atoms with E-state index >= 15 is 0 Å². The SMILES string of the molecule is C[C@@H](CNCc1cccc(-n2nc(C(F)(F)F)cc2NC(=O)OCc2ccccc2)c1)NC(=O)OC(C)(C)C. The molecule has 0 saturated heterocycles. The van der Waals surface area contributed by atoms with Gasteiger partial charge in [0.15, 0.2) is 5.69 Å². The van der Waals surface area contributed by atoms with Crippen molar-refractivity contribution in [2.75, 3.05) is 11.9 Å². The molecule has 1 aromatic heterocycles. The lowest BCUT2D eigenvalue weighted by Crippen LogP contribution is -2.42. The quantitative estimate of drug-likeness (QED) is 0.320. The summed E-state index contributed by atoms with van der Waals surface area (Å²) in [6.45, 7) is 7.86. The van der Waals surface area contributed by atoms with E-state index < -0.39 is 29.7 Å². The minimum Gasteiger partial charge on any atom is -0.444 e. The molecule has 0 bridgehead atoms. The third-order valence-corrected chi connectivity index (χ3v) is 5.14. The molecule has 2 amide bonds. The summed E-state index contributed by atoms with van der Waals surface area (Å²) < 4.78 is 51.7. The fourth-order valence-electron chi connectivity index (χ4n) is 3.46. The normalized spacial score (nSPS) is 12.5. The number of ether oxygens (including phenoxy) is 2. The lowest BCUT2D eigenvalue weighted by Gasteiger charge is -2.22. The Labute approximate surface area is 224 Å². The van der Waals surface area contributed by atoms with Gasteiger partial charge in [-0.3, -0.25) is 5.32 Å². The number of nitrogens with zero attached hydrogens (tertiary/aromatic N) is 2. The van der Waals surface area contributed by atoms with Crippen molar-refractivity contribution < 1.29 is 32.2 Å². The van der Waals surface area contributed by atoms with Gasteiger partial charge in [-0.25, -0.2) is 14.3 Å². The minimum atomic E-state index is -4.72. The van der Waals surface area contributed by atoms with E-state index in [2.05, 4.69) is 21.0 Å². The lowest BCUT2D eigenvalue weighted by molar-refractivity contribution is -0.141. The van der Waals surface area contributed by atoms with Gasteiger partial charge in [-0.15, -0.1) is 0 Å². The monoisotopic (exact) mass is 547 g/mol. The largest absolute Gasteiger partial charge is 0.444 e. The van der Waals surface area contributed by atoms with Crippen LogP contribution in [0, 0.1) is 0 Å². The van der Waals surface area contributed by atoms with Gasteiger partial charge < -0.3 is 20.1 Å². The molecule has 0 fully saturated rings. The van der Waals surface area contributed by atoms with Crippen LogP contribution in [0.3, 0.4) is 0 Å². The highest BCUT2D eigenvalue weighted by atomic mass is 19.4. The van der Waals surface area contributed by atoms with Gasteiger partial charge in [-0.2, -0.15) is 18.3 Å². The zero-order valence-corrected chi connectivity index (χ0v) is 22.1. The Bertz CT molecular complexity index is 1260. The predicted molar refractivity (Wildman–Crippen MR) is 139 cm³/mol. The van der Waals surface area contributed by atoms with Gasteiger partial charge in [-0.05, 0) is 51.0 Å². The van der Waals surface area contributed by atoms with Crippen LogP contribution in [0.2, 0.25) is 0 Å². The third kappa shape index (κ3) is 9.64. The summed E-state index contributed by atoms with van der Waals surface area (Å²) in [5.74, 6) is -0.194. The van der Waals surface area contributed by atoms with Crippen LogP contribution < -0.4 is 16.0 Å². The molecule has 0 spiro atoms. The van der Waals surface area contributed by atoms with E-state index in [4.69, 9.17) is 9.47 Å². The van der Waals surface area contributed by atoms with Gasteiger partial charge in [0.1, 0.15) is 18.0 Å². The van der Waals surface area contributed by atoms with Crippen LogP contribution in [0.1, 0.15) is 44.5 Å². The molecule has 1 heterocycles. The van der Waals surface area contributed by atoms with Gasteiger partial charge in [0, 0.05) is 25.2 Å². The number of carbonyl (C=O) groups excluding carboxylic acids is 2. The lowest BCUT2D eigenvalue weighted by atomic mass is 10.2. The topological polar surface area (TPSA) is 107 Å². The maximum atomic E-state index is 13.4. The molecule has 1 atom stereocenters. The Balaban J connectivity index is 1.66. The summed E-state index contributed by atoms with van der Waals surface area (Å²) in [5, 5.41) is 11.9. The zero-order valence-electron chi connectivity index (χ0n) is 22.1. The second-order valence-electron chi connectivity index (χ2n) is 9.86. The molecular formula is C27H32F3N5O4. The standard InChI is InChI=1S/C27H32F3N5O4/c1-18(32-25(37)39-26(2,3)4)15-31-16-20-11-8-12-21(13-20)35-23(14-22(34-35)27(28,29)30)33-24(36)38-17-19-9-6-5-7-10-19/h5-14,18,31H,15-17H2,1-4H3,(H,32,37)(H,33,36)/t18-/m0/s1. The molecule has 12 heteroatoms. The predicted octanol–water partition coefficient (Wildman–Crippen LogP) is 5.64. The Kier molecular flexibility index (Phi) is 9.57. The number of rotatable bonds is 9. The average molecular weight is 548 g/mol. The first-order valence-electron chi connectivity index (χ1n) is 12.2. The first-order chi connectivity index (χ1) is 18.3. The van der Waals surface area contributed by atoms with Gasteiger partial charge in [0.2, 0.25) is 0 Å². The molecule has 9 nitrogen and oxygen atoms in total. The molecule has 210 valence electrons. The molecule has 3 N–H and O–H groups in total. The molecule has 3 aromatic rings. The van der Waals surface area contributed by atoms with E-state index in [1.54, 1.807) is 69.3 Å². The molecule has 2 aromatic carbocycles. The average Bonchev–Trinajstić information content (AvgIpc) is 3.27. The van der Waals surface area contributed by atoms with Crippen molar-refractivity contribution in [1.29, 1.82) is 0 Å². The van der Waals surface area contributed by atoms with E-state index in [1.165, 1.54) is 0 Å². The van der Waals surface area contributed by atoms with Crippen LogP contribution in [0.4, 0.5) is 28.6 Å². The highest BCUT2D eigenvalue weighted by molar-refractivity contribution is 5.84. The fourth-order valence-corrected chi connectivity index (χ4v) is 3.46. The van der Waals surface area contributed by atoms with Crippen molar-refractivity contribution in [3.05, 3.63) is 77.5 Å². The number of carbonyl (C=O) groups is 2. The highest BCUT2D eigenvalue weighted by Crippen LogP contribution is 2.31. The first-order valence-corrected chi connectivity index (χ1v) is 12.2. The Morgan fingerprint density at radius 1 is 0.974 bits per heavy atom. The van der Waals surface area contributed by atoms with Gasteiger partial charge in [0.25, 0.3) is 0 Å². The number of nitrogens with one attached hydrogen (secondary N) is 3. The number of hydrogen-bond acceptors (Lipinski definition) is 6. The maximum Gasteiger partial charge on any atom is 0.435 e. The van der Waals surface area contributed by atoms with Crippen molar-refractivity contribution in [3.8, 4) is 5.69 Å². The molecule has 0 saturated carbocycles. The maximum absolute atomic E-state index is 13.4. The molecule has 0 aliphatic rings. The Morgan fingerprint density at radius 2 is 1.67 bits per heavy atom. The van der Waals surface area contributed by atoms with Crippen LogP contribution in [0.5, 0.6) is 0 Å². The smallest absolute Gasteiger partial charge is 0.435 e. The highest BCUT2D eigenvalue weighted by Gasteiger charge is 2.35. The summed E-state index contributed by atoms with van der Waals surface area (Å²) >= 11 is 0. The van der Waals surface area contributed by atoms with E-state index in [0.29, 0.717) is 18.8 Å². The first kappa shape index (κ1) is 29.5. The van der Waals surface area contributed by atoms with Gasteiger partial charge >= 0.3 is 18.4 Å². The molecule has 0 unspecified atom stereocenters. The molecule has 39 heavy (non-hydrogen) atoms. The fraction of sp³-hybridized carbons (Fsp3) is 0.370. The van der Waals surface area contributed by atoms with Crippen molar-refractivity contribution >= 4 is 18.0 Å². The Hall–Kier alpha value is -4.06. The van der Waals surface area contributed by atoms with Crippen molar-refractivity contribution in [2.45, 2.75) is 58.7 Å². The molecule has 0 radical (unpaired) electrons. The van der Waals surface area contributed by atoms with E-state index in [1.807, 2.05) is 13.0 Å². The number of halogens is 3. The van der Waals surface area contributed by atoms with Crippen LogP contribution in [0.25, 0.3) is 5.69 Å². The number of hydrogen-bond donors (Lipinski definition) is 3. The summed E-state index contributed by atoms with van der Waals surface area (Å²) in [6.07, 6.45) is -6.16. The van der Waals surface area contributed by atoms with E-state index in [0.717, 1.165) is 21.9 Å². The Morgan fingerprint density at radius 3 is 2.33 bits per heavy atom. The molecule has 0 aliphatic heterocycles. The van der Waals surface area contributed by atoms with Gasteiger partial charge in [0.05, 0.1) is 5.69 Å². The second-order valence-corrected chi connectivity index (χ2v) is 9.86. The van der Waals surface area contributed by atoms with Crippen LogP contribution in [-0.4, -0.2) is 40.2 Å². The molecule has 3 rings (SSSR count). The van der Waals surface area contributed by atoms with E-state index in [-0.39, 0.29) is 18.5 Å². The number of amides is 2. The number of alkyl halides is 3. The van der Waals surface area contributed by atoms with Gasteiger partial charge in [-0.1, -0.05) is 42.5 Å². The number of alkyl carbamates (subject to hydrolysis) is 1. The van der Waals surface area contributed by atoms with Crippen molar-refractivity contribution in [1.82, 2.24) is 20.4 Å².